The van der Waals surface area contributed by atoms with E-state index in [1.165, 1.54) is 0 Å². The molecule has 5 heteroatoms. The lowest BCUT2D eigenvalue weighted by molar-refractivity contribution is -0.133. The van der Waals surface area contributed by atoms with E-state index < -0.39 is 0 Å². The van der Waals surface area contributed by atoms with Gasteiger partial charge < -0.3 is 4.90 Å². The molecule has 5 nitrogen and oxygen atoms in total. The van der Waals surface area contributed by atoms with E-state index in [-0.39, 0.29) is 17.5 Å². The number of fused-ring (bicyclic) bond motifs is 1. The molecule has 0 spiro atoms. The maximum atomic E-state index is 13.7. The molecule has 0 saturated carbocycles. The summed E-state index contributed by atoms with van der Waals surface area (Å²) in [6, 6.07) is 13.2. The summed E-state index contributed by atoms with van der Waals surface area (Å²) >= 11 is 0. The molecule has 0 fully saturated rings. The van der Waals surface area contributed by atoms with Crippen LogP contribution >= 0.6 is 0 Å². The van der Waals surface area contributed by atoms with Gasteiger partial charge in [-0.05, 0) is 57.4 Å². The van der Waals surface area contributed by atoms with Gasteiger partial charge in [0, 0.05) is 13.0 Å². The smallest absolute Gasteiger partial charge is 0.266 e. The molecule has 0 aliphatic carbocycles. The Morgan fingerprint density at radius 1 is 1.06 bits per heavy atom. The topological polar surface area (TPSA) is 55.2 Å². The van der Waals surface area contributed by atoms with E-state index in [9.17, 15) is 9.59 Å². The second kappa shape index (κ2) is 10.6. The third-order valence-electron chi connectivity index (χ3n) is 6.02. The van der Waals surface area contributed by atoms with Gasteiger partial charge in [0.15, 0.2) is 0 Å². The lowest BCUT2D eigenvalue weighted by Gasteiger charge is -2.31. The number of para-hydroxylation sites is 1. The Morgan fingerprint density at radius 2 is 1.81 bits per heavy atom. The van der Waals surface area contributed by atoms with E-state index in [1.807, 2.05) is 69.0 Å². The summed E-state index contributed by atoms with van der Waals surface area (Å²) in [5, 5.41) is 0.584. The van der Waals surface area contributed by atoms with Gasteiger partial charge in [0.1, 0.15) is 5.82 Å². The summed E-state index contributed by atoms with van der Waals surface area (Å²) in [6.45, 7) is 10.9. The third-order valence-corrected chi connectivity index (χ3v) is 6.02. The van der Waals surface area contributed by atoms with Gasteiger partial charge in [-0.3, -0.25) is 14.2 Å². The molecule has 0 saturated heterocycles. The largest absolute Gasteiger partial charge is 0.333 e. The van der Waals surface area contributed by atoms with Crippen molar-refractivity contribution >= 4 is 16.8 Å². The Labute approximate surface area is 191 Å². The fourth-order valence-electron chi connectivity index (χ4n) is 4.28. The Kier molecular flexibility index (Phi) is 7.84. The van der Waals surface area contributed by atoms with Crippen molar-refractivity contribution in [3.63, 3.8) is 0 Å². The predicted molar refractivity (Wildman–Crippen MR) is 131 cm³/mol. The molecule has 1 aromatic heterocycles. The highest BCUT2D eigenvalue weighted by molar-refractivity contribution is 5.79. The number of hydrogen-bond donors (Lipinski definition) is 0. The minimum atomic E-state index is -0.316. The zero-order valence-electron chi connectivity index (χ0n) is 20.0. The maximum absolute atomic E-state index is 13.7. The number of benzene rings is 2. The number of nitrogens with zero attached hydrogens (tertiary/aromatic N) is 3. The maximum Gasteiger partial charge on any atom is 0.266 e. The summed E-state index contributed by atoms with van der Waals surface area (Å²) in [7, 11) is 0. The molecule has 170 valence electrons. The highest BCUT2D eigenvalue weighted by Crippen LogP contribution is 2.26. The molecule has 0 radical (unpaired) electrons. The lowest BCUT2D eigenvalue weighted by Crippen LogP contribution is -2.38. The highest BCUT2D eigenvalue weighted by Gasteiger charge is 2.26. The van der Waals surface area contributed by atoms with E-state index in [4.69, 9.17) is 4.98 Å². The Bertz CT molecular complexity index is 1150. The average Bonchev–Trinajstić information content (AvgIpc) is 2.77. The van der Waals surface area contributed by atoms with Crippen LogP contribution < -0.4 is 5.56 Å². The first-order chi connectivity index (χ1) is 15.4. The van der Waals surface area contributed by atoms with Crippen LogP contribution in [-0.4, -0.2) is 26.9 Å². The molecule has 2 aromatic carbocycles. The van der Waals surface area contributed by atoms with E-state index in [0.29, 0.717) is 29.7 Å². The van der Waals surface area contributed by atoms with Crippen molar-refractivity contribution in [2.75, 3.05) is 6.54 Å². The van der Waals surface area contributed by atoms with E-state index in [2.05, 4.69) is 13.0 Å². The van der Waals surface area contributed by atoms with Crippen LogP contribution in [0, 0.1) is 13.8 Å². The number of amides is 1. The Balaban J connectivity index is 2.22. The molecule has 1 heterocycles. The summed E-state index contributed by atoms with van der Waals surface area (Å²) < 4.78 is 1.72. The molecule has 1 atom stereocenters. The molecular weight excluding hydrogens is 398 g/mol. The predicted octanol–water partition coefficient (Wildman–Crippen LogP) is 5.88. The minimum Gasteiger partial charge on any atom is -0.333 e. The summed E-state index contributed by atoms with van der Waals surface area (Å²) in [5.41, 5.74) is 3.53. The van der Waals surface area contributed by atoms with Crippen molar-refractivity contribution in [3.05, 3.63) is 69.8 Å². The number of carbonyl (C=O) groups is 1. The van der Waals surface area contributed by atoms with Crippen LogP contribution in [0.4, 0.5) is 0 Å². The first-order valence-corrected chi connectivity index (χ1v) is 11.8. The lowest BCUT2D eigenvalue weighted by atomic mass is 10.1. The molecule has 32 heavy (non-hydrogen) atoms. The normalized spacial score (nSPS) is 12.2. The van der Waals surface area contributed by atoms with Gasteiger partial charge in [-0.15, -0.1) is 0 Å². The number of hydrogen-bond acceptors (Lipinski definition) is 3. The molecule has 3 aromatic rings. The van der Waals surface area contributed by atoms with Gasteiger partial charge in [-0.2, -0.15) is 0 Å². The summed E-state index contributed by atoms with van der Waals surface area (Å²) in [4.78, 5) is 33.6. The average molecular weight is 434 g/mol. The molecule has 1 amide bonds. The van der Waals surface area contributed by atoms with Crippen molar-refractivity contribution in [1.82, 2.24) is 14.5 Å². The van der Waals surface area contributed by atoms with Crippen molar-refractivity contribution in [3.8, 4) is 5.69 Å². The highest BCUT2D eigenvalue weighted by atomic mass is 16.2. The Morgan fingerprint density at radius 3 is 2.50 bits per heavy atom. The van der Waals surface area contributed by atoms with E-state index in [1.54, 1.807) is 4.57 Å². The van der Waals surface area contributed by atoms with E-state index in [0.717, 1.165) is 42.5 Å². The fraction of sp³-hybridized carbons (Fsp3) is 0.444. The van der Waals surface area contributed by atoms with Crippen LogP contribution in [0.2, 0.25) is 0 Å². The van der Waals surface area contributed by atoms with Gasteiger partial charge in [-0.1, -0.05) is 56.5 Å². The van der Waals surface area contributed by atoms with Gasteiger partial charge in [0.05, 0.1) is 22.6 Å². The first kappa shape index (κ1) is 23.7. The number of carbonyl (C=O) groups excluding carboxylic acids is 1. The van der Waals surface area contributed by atoms with Crippen molar-refractivity contribution in [2.24, 2.45) is 0 Å². The monoisotopic (exact) mass is 433 g/mol. The van der Waals surface area contributed by atoms with Crippen LogP contribution in [0.25, 0.3) is 16.6 Å². The van der Waals surface area contributed by atoms with Gasteiger partial charge >= 0.3 is 0 Å². The molecule has 0 unspecified atom stereocenters. The third kappa shape index (κ3) is 4.93. The molecular formula is C27H35N3O2. The van der Waals surface area contributed by atoms with Crippen LogP contribution in [0.1, 0.15) is 75.9 Å². The van der Waals surface area contributed by atoms with Gasteiger partial charge in [0.25, 0.3) is 5.56 Å². The second-order valence-corrected chi connectivity index (χ2v) is 8.64. The number of rotatable bonds is 9. The number of aryl methyl sites for hydroxylation is 2. The van der Waals surface area contributed by atoms with Crippen molar-refractivity contribution < 1.29 is 4.79 Å². The van der Waals surface area contributed by atoms with Crippen molar-refractivity contribution in [2.45, 2.75) is 72.8 Å². The molecule has 0 aliphatic rings. The van der Waals surface area contributed by atoms with Gasteiger partial charge in [0.2, 0.25) is 5.91 Å². The minimum absolute atomic E-state index is 0.0964. The van der Waals surface area contributed by atoms with Crippen LogP contribution in [0.3, 0.4) is 0 Å². The quantitative estimate of drug-likeness (QED) is 0.396. The number of aromatic nitrogens is 2. The molecule has 3 rings (SSSR count). The zero-order valence-corrected chi connectivity index (χ0v) is 20.0. The molecule has 0 bridgehead atoms. The van der Waals surface area contributed by atoms with Crippen LogP contribution in [-0.2, 0) is 4.79 Å². The second-order valence-electron chi connectivity index (χ2n) is 8.64. The zero-order chi connectivity index (χ0) is 23.3. The van der Waals surface area contributed by atoms with Gasteiger partial charge in [-0.25, -0.2) is 4.98 Å². The summed E-state index contributed by atoms with van der Waals surface area (Å²) in [6.07, 6.45) is 4.39. The Hall–Kier alpha value is -2.95. The van der Waals surface area contributed by atoms with Crippen LogP contribution in [0.5, 0.6) is 0 Å². The fourth-order valence-corrected chi connectivity index (χ4v) is 4.28. The van der Waals surface area contributed by atoms with Crippen LogP contribution in [0.15, 0.2) is 47.3 Å². The summed E-state index contributed by atoms with van der Waals surface area (Å²) in [5.74, 6) is 0.729. The SMILES string of the molecule is CCCCCN(C(=O)CCC)[C@H](C)c1nc2ccccc2c(=O)n1-c1ccc(C)cc1C. The standard InChI is InChI=1S/C27H35N3O2/c1-6-8-11-17-29(25(31)12-7-2)21(5)26-28-23-14-10-9-13-22(23)27(32)30(26)24-16-15-19(3)18-20(24)4/h9-10,13-16,18,21H,6-8,11-12,17H2,1-5H3/t21-/m1/s1. The molecule has 0 aliphatic heterocycles. The van der Waals surface area contributed by atoms with Crippen molar-refractivity contribution in [1.29, 1.82) is 0 Å². The van der Waals surface area contributed by atoms with E-state index >= 15 is 0 Å². The number of unbranched alkanes of at least 4 members (excludes halogenated alkanes) is 2. The molecule has 0 N–H and O–H groups in total. The first-order valence-electron chi connectivity index (χ1n) is 11.8.